The standard InChI is InChI=1S/C47H91N2O6P/c1-6-8-10-12-14-16-17-18-19-20-21-22-23-24-25-26-27-28-29-30-31-33-35-37-39-41-47(51)48-45(44-55-56(52,53)54-43-42-49(3,4)5)46(50)40-38-36-34-32-15-13-11-9-7-2/h7,9,15,32,38,40,45-46,50H,6,8,10-14,16-31,33-37,39,41-44H2,1-5H3,(H-,48,51,52,53)/b9-7+,32-15+,40-38+. The van der Waals surface area contributed by atoms with E-state index in [0.717, 1.165) is 44.9 Å². The van der Waals surface area contributed by atoms with Gasteiger partial charge in [-0.2, -0.15) is 0 Å². The van der Waals surface area contributed by atoms with Crippen LogP contribution < -0.4 is 10.2 Å². The van der Waals surface area contributed by atoms with Crippen LogP contribution in [-0.2, 0) is 18.4 Å². The molecular weight excluding hydrogens is 719 g/mol. The third-order valence-electron chi connectivity index (χ3n) is 10.4. The number of allylic oxidation sites excluding steroid dienone is 5. The minimum absolute atomic E-state index is 0.00834. The molecule has 0 fully saturated rings. The van der Waals surface area contributed by atoms with Crippen LogP contribution in [0.15, 0.2) is 36.5 Å². The fraction of sp³-hybridized carbons (Fsp3) is 0.851. The molecule has 0 spiro atoms. The molecule has 330 valence electrons. The molecule has 0 saturated heterocycles. The van der Waals surface area contributed by atoms with Gasteiger partial charge < -0.3 is 28.8 Å². The number of hydrogen-bond acceptors (Lipinski definition) is 6. The maximum atomic E-state index is 12.8. The first kappa shape index (κ1) is 54.7. The number of likely N-dealkylation sites (N-methyl/N-ethyl adjacent to an activating group) is 1. The van der Waals surface area contributed by atoms with Gasteiger partial charge in [0, 0.05) is 6.42 Å². The number of carbonyl (C=O) groups is 1. The summed E-state index contributed by atoms with van der Waals surface area (Å²) >= 11 is 0. The maximum Gasteiger partial charge on any atom is 0.268 e. The molecule has 0 rings (SSSR count). The predicted octanol–water partition coefficient (Wildman–Crippen LogP) is 12.5. The summed E-state index contributed by atoms with van der Waals surface area (Å²) in [6, 6.07) is -0.904. The number of unbranched alkanes of at least 4 members (excludes halogenated alkanes) is 26. The van der Waals surface area contributed by atoms with Crippen LogP contribution in [0.4, 0.5) is 0 Å². The van der Waals surface area contributed by atoms with Crippen LogP contribution in [0.1, 0.15) is 206 Å². The first-order valence-corrected chi connectivity index (χ1v) is 24.8. The molecular formula is C47H91N2O6P. The maximum absolute atomic E-state index is 12.8. The Balaban J connectivity index is 4.11. The zero-order valence-electron chi connectivity index (χ0n) is 37.3. The van der Waals surface area contributed by atoms with E-state index < -0.39 is 26.6 Å². The molecule has 0 aliphatic rings. The summed E-state index contributed by atoms with van der Waals surface area (Å²) < 4.78 is 23.1. The van der Waals surface area contributed by atoms with Crippen molar-refractivity contribution in [3.8, 4) is 0 Å². The van der Waals surface area contributed by atoms with Gasteiger partial charge in [-0.05, 0) is 39.0 Å². The summed E-state index contributed by atoms with van der Waals surface area (Å²) in [6.07, 6.45) is 48.1. The minimum Gasteiger partial charge on any atom is -0.756 e. The van der Waals surface area contributed by atoms with E-state index in [4.69, 9.17) is 9.05 Å². The third kappa shape index (κ3) is 40.9. The number of aliphatic hydroxyl groups is 1. The van der Waals surface area contributed by atoms with Crippen LogP contribution >= 0.6 is 7.82 Å². The summed E-state index contributed by atoms with van der Waals surface area (Å²) in [5.41, 5.74) is 0. The van der Waals surface area contributed by atoms with Gasteiger partial charge in [-0.25, -0.2) is 0 Å². The fourth-order valence-corrected chi connectivity index (χ4v) is 7.44. The molecule has 0 aliphatic heterocycles. The molecule has 0 saturated carbocycles. The second-order valence-corrected chi connectivity index (χ2v) is 18.5. The van der Waals surface area contributed by atoms with E-state index in [2.05, 4.69) is 30.5 Å². The summed E-state index contributed by atoms with van der Waals surface area (Å²) in [5.74, 6) is -0.212. The molecule has 56 heavy (non-hydrogen) atoms. The molecule has 2 N–H and O–H groups in total. The third-order valence-corrected chi connectivity index (χ3v) is 11.4. The summed E-state index contributed by atoms with van der Waals surface area (Å²) in [6.45, 7) is 4.39. The van der Waals surface area contributed by atoms with E-state index in [0.29, 0.717) is 17.4 Å². The predicted molar refractivity (Wildman–Crippen MR) is 238 cm³/mol. The molecule has 0 bridgehead atoms. The van der Waals surface area contributed by atoms with Crippen LogP contribution in [0, 0.1) is 0 Å². The van der Waals surface area contributed by atoms with Crippen molar-refractivity contribution >= 4 is 13.7 Å². The first-order chi connectivity index (χ1) is 27.0. The quantitative estimate of drug-likeness (QED) is 0.0275. The second kappa shape index (κ2) is 39.2. The molecule has 0 aromatic rings. The smallest absolute Gasteiger partial charge is 0.268 e. The molecule has 0 heterocycles. The van der Waals surface area contributed by atoms with Crippen molar-refractivity contribution in [1.29, 1.82) is 0 Å². The molecule has 0 aromatic carbocycles. The number of hydrogen-bond donors (Lipinski definition) is 2. The Labute approximate surface area is 347 Å². The zero-order chi connectivity index (χ0) is 41.4. The normalized spacial score (nSPS) is 14.6. The highest BCUT2D eigenvalue weighted by Gasteiger charge is 2.23. The zero-order valence-corrected chi connectivity index (χ0v) is 38.2. The molecule has 9 heteroatoms. The molecule has 3 atom stereocenters. The minimum atomic E-state index is -4.59. The van der Waals surface area contributed by atoms with Gasteiger partial charge in [-0.15, -0.1) is 0 Å². The van der Waals surface area contributed by atoms with Crippen molar-refractivity contribution in [3.05, 3.63) is 36.5 Å². The summed E-state index contributed by atoms with van der Waals surface area (Å²) in [4.78, 5) is 25.2. The number of phosphoric ester groups is 1. The number of nitrogens with one attached hydrogen (secondary N) is 1. The number of amides is 1. The molecule has 8 nitrogen and oxygen atoms in total. The van der Waals surface area contributed by atoms with Crippen LogP contribution in [0.25, 0.3) is 0 Å². The van der Waals surface area contributed by atoms with E-state index in [1.165, 1.54) is 141 Å². The van der Waals surface area contributed by atoms with E-state index in [1.54, 1.807) is 6.08 Å². The monoisotopic (exact) mass is 811 g/mol. The Hall–Kier alpha value is -1.28. The van der Waals surface area contributed by atoms with Gasteiger partial charge in [0.15, 0.2) is 0 Å². The Morgan fingerprint density at radius 3 is 1.45 bits per heavy atom. The SMILES string of the molecule is C/C=C/CC/C=C/CC/C=C/C(O)C(COP(=O)([O-])OCC[N+](C)(C)C)NC(=O)CCCCCCCCCCCCCCCCCCCCCCCCCCC. The van der Waals surface area contributed by atoms with Crippen LogP contribution in [0.5, 0.6) is 0 Å². The highest BCUT2D eigenvalue weighted by molar-refractivity contribution is 7.45. The topological polar surface area (TPSA) is 108 Å². The summed E-state index contributed by atoms with van der Waals surface area (Å²) in [5, 5.41) is 13.7. The Bertz CT molecular complexity index is 1010. The average molecular weight is 811 g/mol. The van der Waals surface area contributed by atoms with E-state index in [-0.39, 0.29) is 12.5 Å². The number of phosphoric acid groups is 1. The molecule has 3 unspecified atom stereocenters. The highest BCUT2D eigenvalue weighted by Crippen LogP contribution is 2.38. The largest absolute Gasteiger partial charge is 0.756 e. The van der Waals surface area contributed by atoms with Crippen LogP contribution in [0.3, 0.4) is 0 Å². The van der Waals surface area contributed by atoms with E-state index in [1.807, 2.05) is 40.2 Å². The number of rotatable bonds is 42. The lowest BCUT2D eigenvalue weighted by molar-refractivity contribution is -0.870. The fourth-order valence-electron chi connectivity index (χ4n) is 6.72. The van der Waals surface area contributed by atoms with Crippen molar-refractivity contribution in [1.82, 2.24) is 5.32 Å². The van der Waals surface area contributed by atoms with Crippen molar-refractivity contribution in [2.75, 3.05) is 40.9 Å². The number of quaternary nitrogens is 1. The lowest BCUT2D eigenvalue weighted by Gasteiger charge is -2.29. The van der Waals surface area contributed by atoms with E-state index >= 15 is 0 Å². The van der Waals surface area contributed by atoms with Gasteiger partial charge >= 0.3 is 0 Å². The molecule has 1 amide bonds. The Kier molecular flexibility index (Phi) is 38.3. The Morgan fingerprint density at radius 2 is 1.04 bits per heavy atom. The molecule has 0 radical (unpaired) electrons. The van der Waals surface area contributed by atoms with Gasteiger partial charge in [0.1, 0.15) is 13.2 Å². The van der Waals surface area contributed by atoms with Crippen LogP contribution in [-0.4, -0.2) is 68.5 Å². The van der Waals surface area contributed by atoms with Gasteiger partial charge in [-0.1, -0.05) is 197 Å². The number of aliphatic hydroxyl groups excluding tert-OH is 1. The lowest BCUT2D eigenvalue weighted by Crippen LogP contribution is -2.45. The van der Waals surface area contributed by atoms with E-state index in [9.17, 15) is 19.4 Å². The number of nitrogens with zero attached hydrogens (tertiary/aromatic N) is 1. The van der Waals surface area contributed by atoms with Gasteiger partial charge in [0.25, 0.3) is 7.82 Å². The van der Waals surface area contributed by atoms with Crippen molar-refractivity contribution < 1.29 is 32.9 Å². The van der Waals surface area contributed by atoms with Gasteiger partial charge in [-0.3, -0.25) is 9.36 Å². The Morgan fingerprint density at radius 1 is 0.643 bits per heavy atom. The average Bonchev–Trinajstić information content (AvgIpc) is 3.15. The second-order valence-electron chi connectivity index (χ2n) is 17.1. The lowest BCUT2D eigenvalue weighted by atomic mass is 10.0. The van der Waals surface area contributed by atoms with Crippen LogP contribution in [0.2, 0.25) is 0 Å². The number of carbonyl (C=O) groups excluding carboxylic acids is 1. The van der Waals surface area contributed by atoms with Crippen molar-refractivity contribution in [3.63, 3.8) is 0 Å². The molecule has 0 aliphatic carbocycles. The van der Waals surface area contributed by atoms with Gasteiger partial charge in [0.2, 0.25) is 5.91 Å². The van der Waals surface area contributed by atoms with Crippen molar-refractivity contribution in [2.24, 2.45) is 0 Å². The van der Waals surface area contributed by atoms with Crippen molar-refractivity contribution in [2.45, 2.75) is 219 Å². The molecule has 0 aromatic heterocycles. The first-order valence-electron chi connectivity index (χ1n) is 23.3. The highest BCUT2D eigenvalue weighted by atomic mass is 31.2. The summed E-state index contributed by atoms with van der Waals surface area (Å²) in [7, 11) is 1.24. The van der Waals surface area contributed by atoms with Gasteiger partial charge in [0.05, 0.1) is 39.9 Å².